The highest BCUT2D eigenvalue weighted by Crippen LogP contribution is 1.87. The van der Waals surface area contributed by atoms with E-state index in [9.17, 15) is 0 Å². The Bertz CT molecular complexity index is 86.2. The molecule has 0 spiro atoms. The molecule has 0 heterocycles. The van der Waals surface area contributed by atoms with Crippen LogP contribution in [0.5, 0.6) is 0 Å². The molecular weight excluding hydrogens is 142 g/mol. The molecule has 0 saturated heterocycles. The van der Waals surface area contributed by atoms with Gasteiger partial charge in [0.1, 0.15) is 0 Å². The lowest BCUT2D eigenvalue weighted by Crippen LogP contribution is -2.29. The number of ether oxygens (including phenoxy) is 1. The summed E-state index contributed by atoms with van der Waals surface area (Å²) in [5, 5.41) is 12.0. The molecule has 2 N–H and O–H groups in total. The second-order valence-electron chi connectivity index (χ2n) is 2.73. The summed E-state index contributed by atoms with van der Waals surface area (Å²) in [6.07, 6.45) is 0.475. The van der Waals surface area contributed by atoms with Crippen LogP contribution in [0.3, 0.4) is 0 Å². The minimum absolute atomic E-state index is 0.535. The minimum atomic E-state index is -0.645. The molecule has 3 nitrogen and oxygen atoms in total. The van der Waals surface area contributed by atoms with E-state index in [0.29, 0.717) is 12.6 Å². The van der Waals surface area contributed by atoms with Crippen LogP contribution in [0.15, 0.2) is 0 Å². The van der Waals surface area contributed by atoms with Gasteiger partial charge in [-0.15, -0.1) is 0 Å². The zero-order valence-electron chi connectivity index (χ0n) is 7.63. The number of rotatable bonds is 6. The summed E-state index contributed by atoms with van der Waals surface area (Å²) < 4.78 is 4.93. The maximum Gasteiger partial charge on any atom is 0.151 e. The van der Waals surface area contributed by atoms with Crippen molar-refractivity contribution in [3.8, 4) is 0 Å². The topological polar surface area (TPSA) is 41.5 Å². The van der Waals surface area contributed by atoms with Gasteiger partial charge in [-0.2, -0.15) is 0 Å². The molecule has 11 heavy (non-hydrogen) atoms. The predicted molar refractivity (Wildman–Crippen MR) is 45.4 cm³/mol. The molecule has 68 valence electrons. The van der Waals surface area contributed by atoms with Gasteiger partial charge in [0.15, 0.2) is 6.29 Å². The Hall–Kier alpha value is -0.120. The van der Waals surface area contributed by atoms with E-state index in [0.717, 1.165) is 13.0 Å². The second kappa shape index (κ2) is 6.58. The Morgan fingerprint density at radius 2 is 2.09 bits per heavy atom. The van der Waals surface area contributed by atoms with Gasteiger partial charge in [-0.25, -0.2) is 0 Å². The minimum Gasteiger partial charge on any atom is -0.368 e. The van der Waals surface area contributed by atoms with E-state index < -0.39 is 6.29 Å². The Morgan fingerprint density at radius 3 is 2.55 bits per heavy atom. The molecule has 0 radical (unpaired) electrons. The van der Waals surface area contributed by atoms with Crippen LogP contribution in [0, 0.1) is 0 Å². The molecule has 0 aliphatic rings. The molecule has 2 atom stereocenters. The molecule has 0 bridgehead atoms. The third-order valence-corrected chi connectivity index (χ3v) is 1.57. The maximum atomic E-state index is 8.72. The third kappa shape index (κ3) is 7.78. The molecule has 0 aromatic heterocycles. The third-order valence-electron chi connectivity index (χ3n) is 1.57. The second-order valence-corrected chi connectivity index (χ2v) is 2.73. The van der Waals surface area contributed by atoms with Crippen molar-refractivity contribution in [2.75, 3.05) is 13.2 Å². The van der Waals surface area contributed by atoms with Gasteiger partial charge < -0.3 is 15.2 Å². The monoisotopic (exact) mass is 161 g/mol. The van der Waals surface area contributed by atoms with E-state index in [2.05, 4.69) is 19.2 Å². The fourth-order valence-corrected chi connectivity index (χ4v) is 0.679. The van der Waals surface area contributed by atoms with Crippen molar-refractivity contribution in [3.63, 3.8) is 0 Å². The van der Waals surface area contributed by atoms with Crippen molar-refractivity contribution >= 4 is 0 Å². The standard InChI is InChI=1S/C8H19NO2/c1-4-7(2)9-5-6-11-8(3)10/h7-10H,4-6H2,1-3H3. The van der Waals surface area contributed by atoms with Crippen molar-refractivity contribution in [2.24, 2.45) is 0 Å². The lowest BCUT2D eigenvalue weighted by atomic mass is 10.3. The lowest BCUT2D eigenvalue weighted by Gasteiger charge is -2.11. The highest BCUT2D eigenvalue weighted by atomic mass is 16.6. The van der Waals surface area contributed by atoms with Crippen molar-refractivity contribution < 1.29 is 9.84 Å². The number of hydrogen-bond donors (Lipinski definition) is 2. The van der Waals surface area contributed by atoms with Crippen LogP contribution in [0.2, 0.25) is 0 Å². The Morgan fingerprint density at radius 1 is 1.45 bits per heavy atom. The smallest absolute Gasteiger partial charge is 0.151 e. The Balaban J connectivity index is 3.01. The zero-order chi connectivity index (χ0) is 8.69. The molecular formula is C8H19NO2. The van der Waals surface area contributed by atoms with Gasteiger partial charge in [0.05, 0.1) is 6.61 Å². The molecule has 0 saturated carbocycles. The summed E-state index contributed by atoms with van der Waals surface area (Å²) in [5.41, 5.74) is 0. The van der Waals surface area contributed by atoms with Gasteiger partial charge in [-0.1, -0.05) is 6.92 Å². The van der Waals surface area contributed by atoms with Crippen molar-refractivity contribution in [1.82, 2.24) is 5.32 Å². The van der Waals surface area contributed by atoms with E-state index in [1.807, 2.05) is 0 Å². The lowest BCUT2D eigenvalue weighted by molar-refractivity contribution is -0.0837. The largest absolute Gasteiger partial charge is 0.368 e. The van der Waals surface area contributed by atoms with Crippen LogP contribution in [0.1, 0.15) is 27.2 Å². The first kappa shape index (κ1) is 10.9. The fourth-order valence-electron chi connectivity index (χ4n) is 0.679. The van der Waals surface area contributed by atoms with Gasteiger partial charge >= 0.3 is 0 Å². The normalized spacial score (nSPS) is 16.4. The molecule has 0 aromatic rings. The van der Waals surface area contributed by atoms with E-state index in [1.165, 1.54) is 0 Å². The maximum absolute atomic E-state index is 8.72. The average molecular weight is 161 g/mol. The molecule has 0 aromatic carbocycles. The SMILES string of the molecule is CCC(C)NCCOC(C)O. The number of hydrogen-bond acceptors (Lipinski definition) is 3. The first-order chi connectivity index (χ1) is 5.16. The highest BCUT2D eigenvalue weighted by molar-refractivity contribution is 4.55. The first-order valence-corrected chi connectivity index (χ1v) is 4.19. The average Bonchev–Trinajstić information content (AvgIpc) is 1.97. The molecule has 0 aliphatic heterocycles. The van der Waals surface area contributed by atoms with Gasteiger partial charge in [-0.05, 0) is 20.3 Å². The number of aliphatic hydroxyl groups excluding tert-OH is 1. The van der Waals surface area contributed by atoms with Crippen LogP contribution in [-0.2, 0) is 4.74 Å². The summed E-state index contributed by atoms with van der Waals surface area (Å²) in [7, 11) is 0. The molecule has 0 aliphatic carbocycles. The Kier molecular flexibility index (Phi) is 6.51. The summed E-state index contributed by atoms with van der Waals surface area (Å²) in [6, 6.07) is 0.535. The zero-order valence-corrected chi connectivity index (χ0v) is 7.63. The fraction of sp³-hybridized carbons (Fsp3) is 1.00. The van der Waals surface area contributed by atoms with Gasteiger partial charge in [0.25, 0.3) is 0 Å². The summed E-state index contributed by atoms with van der Waals surface area (Å²) >= 11 is 0. The van der Waals surface area contributed by atoms with Crippen LogP contribution >= 0.6 is 0 Å². The van der Waals surface area contributed by atoms with Crippen LogP contribution in [-0.4, -0.2) is 30.6 Å². The van der Waals surface area contributed by atoms with Gasteiger partial charge in [0, 0.05) is 12.6 Å². The molecule has 0 fully saturated rings. The first-order valence-electron chi connectivity index (χ1n) is 4.19. The highest BCUT2D eigenvalue weighted by Gasteiger charge is 1.97. The van der Waals surface area contributed by atoms with Gasteiger partial charge in [0.2, 0.25) is 0 Å². The molecule has 2 unspecified atom stereocenters. The van der Waals surface area contributed by atoms with E-state index in [4.69, 9.17) is 9.84 Å². The van der Waals surface area contributed by atoms with Crippen LogP contribution in [0.25, 0.3) is 0 Å². The van der Waals surface area contributed by atoms with Crippen LogP contribution in [0.4, 0.5) is 0 Å². The van der Waals surface area contributed by atoms with Crippen LogP contribution < -0.4 is 5.32 Å². The molecule has 3 heteroatoms. The molecule has 0 rings (SSSR count). The summed E-state index contributed by atoms with van der Waals surface area (Å²) in [5.74, 6) is 0. The predicted octanol–water partition coefficient (Wildman–Crippen LogP) is 0.729. The van der Waals surface area contributed by atoms with Crippen molar-refractivity contribution in [2.45, 2.75) is 39.5 Å². The van der Waals surface area contributed by atoms with Crippen molar-refractivity contribution in [1.29, 1.82) is 0 Å². The van der Waals surface area contributed by atoms with E-state index in [-0.39, 0.29) is 0 Å². The Labute approximate surface area is 68.8 Å². The summed E-state index contributed by atoms with van der Waals surface area (Å²) in [4.78, 5) is 0. The number of aliphatic hydroxyl groups is 1. The van der Waals surface area contributed by atoms with Gasteiger partial charge in [-0.3, -0.25) is 0 Å². The van der Waals surface area contributed by atoms with Crippen molar-refractivity contribution in [3.05, 3.63) is 0 Å². The van der Waals surface area contributed by atoms with E-state index in [1.54, 1.807) is 6.92 Å². The molecule has 0 amide bonds. The number of nitrogens with one attached hydrogen (secondary N) is 1. The van der Waals surface area contributed by atoms with E-state index >= 15 is 0 Å². The quantitative estimate of drug-likeness (QED) is 0.446. The summed E-state index contributed by atoms with van der Waals surface area (Å²) in [6.45, 7) is 7.25.